The number of phenolic OH excluding ortho intramolecular Hbond substituents is 3. The Balaban J connectivity index is 1.59. The van der Waals surface area contributed by atoms with Gasteiger partial charge in [0.25, 0.3) is 0 Å². The Morgan fingerprint density at radius 3 is 2.47 bits per heavy atom. The topological polar surface area (TPSA) is 169 Å². The van der Waals surface area contributed by atoms with Gasteiger partial charge in [0.2, 0.25) is 6.29 Å². The van der Waals surface area contributed by atoms with Crippen molar-refractivity contribution in [3.8, 4) is 28.7 Å². The zero-order chi connectivity index (χ0) is 21.6. The summed E-state index contributed by atoms with van der Waals surface area (Å²) in [5.41, 5.74) is -1.10. The molecule has 0 amide bonds. The Morgan fingerprint density at radius 2 is 1.80 bits per heavy atom. The van der Waals surface area contributed by atoms with Crippen molar-refractivity contribution >= 4 is 0 Å². The van der Waals surface area contributed by atoms with Crippen molar-refractivity contribution in [2.24, 2.45) is 0 Å². The smallest absolute Gasteiger partial charge is 0.229 e. The summed E-state index contributed by atoms with van der Waals surface area (Å²) in [7, 11) is 0. The number of aliphatic hydroxyl groups is 4. The minimum atomic E-state index is -1.85. The summed E-state index contributed by atoms with van der Waals surface area (Å²) >= 11 is 0. The normalized spacial score (nSPS) is 30.5. The minimum absolute atomic E-state index is 0.0561. The molecule has 10 nitrogen and oxygen atoms in total. The van der Waals surface area contributed by atoms with E-state index in [1.807, 2.05) is 0 Å². The van der Waals surface area contributed by atoms with Gasteiger partial charge in [-0.25, -0.2) is 0 Å². The van der Waals surface area contributed by atoms with Crippen LogP contribution >= 0.6 is 0 Å². The fourth-order valence-electron chi connectivity index (χ4n) is 3.55. The first-order valence-corrected chi connectivity index (χ1v) is 9.24. The predicted molar refractivity (Wildman–Crippen MR) is 99.4 cm³/mol. The number of hydrogen-bond donors (Lipinski definition) is 7. The summed E-state index contributed by atoms with van der Waals surface area (Å²) in [4.78, 5) is 0. The van der Waals surface area contributed by atoms with Gasteiger partial charge in [-0.1, -0.05) is 6.07 Å². The molecular weight excluding hydrogens is 400 g/mol. The third-order valence-electron chi connectivity index (χ3n) is 5.34. The Labute approximate surface area is 170 Å². The Hall–Kier alpha value is -2.76. The van der Waals surface area contributed by atoms with Gasteiger partial charge in [0.05, 0.1) is 19.3 Å². The second-order valence-electron chi connectivity index (χ2n) is 7.48. The summed E-state index contributed by atoms with van der Waals surface area (Å²) < 4.78 is 16.5. The lowest BCUT2D eigenvalue weighted by Crippen LogP contribution is -2.48. The molecular formula is C20H22O10. The highest BCUT2D eigenvalue weighted by molar-refractivity contribution is 5.52. The van der Waals surface area contributed by atoms with Gasteiger partial charge < -0.3 is 50.0 Å². The molecule has 0 unspecified atom stereocenters. The molecule has 7 N–H and O–H groups in total. The molecule has 2 aliphatic heterocycles. The summed E-state index contributed by atoms with van der Waals surface area (Å²) in [6, 6.07) is 6.72. The zero-order valence-electron chi connectivity index (χ0n) is 15.7. The molecule has 2 aromatic carbocycles. The first-order chi connectivity index (χ1) is 14.2. The molecule has 4 rings (SSSR count). The molecule has 162 valence electrons. The van der Waals surface area contributed by atoms with E-state index >= 15 is 0 Å². The summed E-state index contributed by atoms with van der Waals surface area (Å²) in [5, 5.41) is 69.4. The number of aromatic hydroxyl groups is 3. The quantitative estimate of drug-likeness (QED) is 0.324. The van der Waals surface area contributed by atoms with E-state index in [-0.39, 0.29) is 41.8 Å². The predicted octanol–water partition coefficient (Wildman–Crippen LogP) is -0.340. The molecule has 0 aromatic heterocycles. The van der Waals surface area contributed by atoms with Gasteiger partial charge in [0.15, 0.2) is 11.5 Å². The van der Waals surface area contributed by atoms with Crippen molar-refractivity contribution in [1.82, 2.24) is 0 Å². The Kier molecular flexibility index (Phi) is 5.12. The number of benzene rings is 2. The lowest BCUT2D eigenvalue weighted by Gasteiger charge is -2.32. The monoisotopic (exact) mass is 422 g/mol. The maximum atomic E-state index is 10.5. The van der Waals surface area contributed by atoms with Crippen LogP contribution in [-0.4, -0.2) is 73.1 Å². The van der Waals surface area contributed by atoms with E-state index in [9.17, 15) is 35.7 Å². The maximum Gasteiger partial charge on any atom is 0.229 e. The van der Waals surface area contributed by atoms with Gasteiger partial charge in [-0.3, -0.25) is 0 Å². The van der Waals surface area contributed by atoms with Crippen molar-refractivity contribution in [3.63, 3.8) is 0 Å². The second kappa shape index (κ2) is 7.49. The van der Waals surface area contributed by atoms with Crippen LogP contribution in [0.2, 0.25) is 0 Å². The van der Waals surface area contributed by atoms with Crippen LogP contribution in [0.4, 0.5) is 0 Å². The van der Waals surface area contributed by atoms with Crippen LogP contribution < -0.4 is 9.47 Å². The van der Waals surface area contributed by atoms with Gasteiger partial charge in [-0.05, 0) is 17.7 Å². The first kappa shape index (κ1) is 20.5. The number of phenols is 3. The van der Waals surface area contributed by atoms with Crippen LogP contribution in [0.5, 0.6) is 28.7 Å². The molecule has 1 saturated heterocycles. The SMILES string of the molecule is OC[C@@]1(O)CO[C@@H](Oc2cc(O)c3c(c2)O[C@H](c2ccc(O)c(O)c2)[C@@H](O)C3)[C@@H]1O. The highest BCUT2D eigenvalue weighted by Crippen LogP contribution is 2.43. The van der Waals surface area contributed by atoms with E-state index in [0.717, 1.165) is 0 Å². The van der Waals surface area contributed by atoms with E-state index in [4.69, 9.17) is 14.2 Å². The third-order valence-corrected chi connectivity index (χ3v) is 5.34. The molecule has 2 aliphatic rings. The molecule has 1 fully saturated rings. The molecule has 0 spiro atoms. The number of hydrogen-bond acceptors (Lipinski definition) is 10. The fourth-order valence-corrected chi connectivity index (χ4v) is 3.55. The van der Waals surface area contributed by atoms with Crippen molar-refractivity contribution in [3.05, 3.63) is 41.5 Å². The summed E-state index contributed by atoms with van der Waals surface area (Å²) in [6.45, 7) is -1.05. The molecule has 5 atom stereocenters. The van der Waals surface area contributed by atoms with Crippen molar-refractivity contribution in [1.29, 1.82) is 0 Å². The standard InChI is InChI=1S/C20H22O10/c21-7-20(27)8-28-19(18(20)26)29-10-4-13(23)11-6-15(25)17(30-16(11)5-10)9-1-2-12(22)14(24)3-9/h1-5,15,17-19,21-27H,6-8H2/t15-,17+,18-,19-,20+/m0/s1. The molecule has 0 aliphatic carbocycles. The molecule has 0 bridgehead atoms. The molecule has 30 heavy (non-hydrogen) atoms. The highest BCUT2D eigenvalue weighted by Gasteiger charge is 2.49. The average Bonchev–Trinajstić information content (AvgIpc) is 2.99. The largest absolute Gasteiger partial charge is 0.507 e. The van der Waals surface area contributed by atoms with Crippen LogP contribution in [-0.2, 0) is 11.2 Å². The Bertz CT molecular complexity index is 947. The lowest BCUT2D eigenvalue weighted by atomic mass is 9.94. The van der Waals surface area contributed by atoms with Crippen molar-refractivity contribution < 1.29 is 50.0 Å². The number of aliphatic hydroxyl groups excluding tert-OH is 3. The molecule has 2 aromatic rings. The van der Waals surface area contributed by atoms with Gasteiger partial charge in [0, 0.05) is 24.1 Å². The summed E-state index contributed by atoms with van der Waals surface area (Å²) in [6.07, 6.45) is -4.65. The van der Waals surface area contributed by atoms with E-state index < -0.39 is 36.8 Å². The lowest BCUT2D eigenvalue weighted by molar-refractivity contribution is -0.115. The van der Waals surface area contributed by atoms with Crippen LogP contribution in [0.1, 0.15) is 17.2 Å². The number of rotatable bonds is 4. The maximum absolute atomic E-state index is 10.5. The van der Waals surface area contributed by atoms with Gasteiger partial charge in [-0.15, -0.1) is 0 Å². The average molecular weight is 422 g/mol. The van der Waals surface area contributed by atoms with Gasteiger partial charge >= 0.3 is 0 Å². The van der Waals surface area contributed by atoms with Crippen LogP contribution in [0.25, 0.3) is 0 Å². The van der Waals surface area contributed by atoms with Gasteiger partial charge in [-0.2, -0.15) is 0 Å². The molecule has 2 heterocycles. The first-order valence-electron chi connectivity index (χ1n) is 9.24. The number of fused-ring (bicyclic) bond motifs is 1. The Morgan fingerprint density at radius 1 is 1.03 bits per heavy atom. The summed E-state index contributed by atoms with van der Waals surface area (Å²) in [5.74, 6) is -0.606. The van der Waals surface area contributed by atoms with Crippen LogP contribution in [0.15, 0.2) is 30.3 Å². The van der Waals surface area contributed by atoms with Crippen molar-refractivity contribution in [2.45, 2.75) is 36.6 Å². The molecule has 0 radical (unpaired) electrons. The third kappa shape index (κ3) is 3.48. The van der Waals surface area contributed by atoms with Crippen LogP contribution in [0.3, 0.4) is 0 Å². The highest BCUT2D eigenvalue weighted by atomic mass is 16.7. The minimum Gasteiger partial charge on any atom is -0.507 e. The van der Waals surface area contributed by atoms with E-state index in [1.54, 1.807) is 0 Å². The van der Waals surface area contributed by atoms with E-state index in [1.165, 1.54) is 30.3 Å². The van der Waals surface area contributed by atoms with E-state index in [0.29, 0.717) is 11.1 Å². The zero-order valence-corrected chi connectivity index (χ0v) is 15.7. The van der Waals surface area contributed by atoms with Gasteiger partial charge in [0.1, 0.15) is 35.1 Å². The molecule has 0 saturated carbocycles. The van der Waals surface area contributed by atoms with E-state index in [2.05, 4.69) is 0 Å². The van der Waals surface area contributed by atoms with Crippen LogP contribution in [0, 0.1) is 0 Å². The fraction of sp³-hybridized carbons (Fsp3) is 0.400. The molecule has 10 heteroatoms. The second-order valence-corrected chi connectivity index (χ2v) is 7.48. The number of ether oxygens (including phenoxy) is 3. The van der Waals surface area contributed by atoms with Crippen molar-refractivity contribution in [2.75, 3.05) is 13.2 Å².